The van der Waals surface area contributed by atoms with Crippen molar-refractivity contribution in [2.24, 2.45) is 0 Å². The molecule has 0 heterocycles. The molecular weight excluding hydrogens is 260 g/mol. The Morgan fingerprint density at radius 2 is 1.95 bits per heavy atom. The van der Waals surface area contributed by atoms with Crippen LogP contribution in [0.3, 0.4) is 0 Å². The molecule has 0 aromatic heterocycles. The number of non-ortho nitro benzene ring substituents is 1. The fraction of sp³-hybridized carbons (Fsp3) is 0.462. The molecule has 1 aromatic carbocycles. The zero-order valence-electron chi connectivity index (χ0n) is 11.7. The Bertz CT molecular complexity index is 477. The summed E-state index contributed by atoms with van der Waals surface area (Å²) in [6.45, 7) is 3.08. The largest absolute Gasteiger partial charge is 0.388 e. The molecule has 0 aliphatic heterocycles. The normalized spacial score (nSPS) is 9.90. The van der Waals surface area contributed by atoms with E-state index in [1.807, 2.05) is 6.92 Å². The highest BCUT2D eigenvalue weighted by Crippen LogP contribution is 2.23. The van der Waals surface area contributed by atoms with Crippen molar-refractivity contribution in [2.45, 2.75) is 19.8 Å². The minimum Gasteiger partial charge on any atom is -0.388 e. The number of nitrogens with one attached hydrogen (secondary N) is 3. The first-order valence-corrected chi connectivity index (χ1v) is 6.54. The maximum absolute atomic E-state index is 11.4. The van der Waals surface area contributed by atoms with E-state index in [9.17, 15) is 14.9 Å². The maximum atomic E-state index is 11.4. The van der Waals surface area contributed by atoms with E-state index in [0.717, 1.165) is 6.42 Å². The molecule has 0 aliphatic rings. The van der Waals surface area contributed by atoms with Crippen molar-refractivity contribution in [1.29, 1.82) is 0 Å². The van der Waals surface area contributed by atoms with E-state index in [0.29, 0.717) is 30.9 Å². The van der Waals surface area contributed by atoms with Crippen LogP contribution in [0.5, 0.6) is 0 Å². The standard InChI is InChI=1S/C13H20N4O3/c1-3-5-16-13(18)4-6-15-11-7-10(14-2)8-12(9-11)17(19)20/h7-9,14-15H,3-6H2,1-2H3,(H,16,18). The van der Waals surface area contributed by atoms with Gasteiger partial charge in [0.2, 0.25) is 5.91 Å². The van der Waals surface area contributed by atoms with Gasteiger partial charge in [-0.25, -0.2) is 0 Å². The lowest BCUT2D eigenvalue weighted by atomic mass is 10.2. The molecule has 110 valence electrons. The van der Waals surface area contributed by atoms with Gasteiger partial charge in [0.15, 0.2) is 0 Å². The minimum absolute atomic E-state index is 0.00906. The number of carbonyl (C=O) groups excluding carboxylic acids is 1. The molecular formula is C13H20N4O3. The Balaban J connectivity index is 2.57. The summed E-state index contributed by atoms with van der Waals surface area (Å²) >= 11 is 0. The highest BCUT2D eigenvalue weighted by atomic mass is 16.6. The van der Waals surface area contributed by atoms with Crippen molar-refractivity contribution in [3.05, 3.63) is 28.3 Å². The van der Waals surface area contributed by atoms with Crippen LogP contribution in [0, 0.1) is 10.1 Å². The zero-order chi connectivity index (χ0) is 15.0. The molecule has 0 saturated carbocycles. The number of amides is 1. The number of anilines is 2. The Morgan fingerprint density at radius 1 is 1.25 bits per heavy atom. The third-order valence-electron chi connectivity index (χ3n) is 2.67. The van der Waals surface area contributed by atoms with Gasteiger partial charge in [0, 0.05) is 50.1 Å². The molecule has 7 nitrogen and oxygen atoms in total. The molecule has 3 N–H and O–H groups in total. The van der Waals surface area contributed by atoms with E-state index in [-0.39, 0.29) is 11.6 Å². The SMILES string of the molecule is CCCNC(=O)CCNc1cc(NC)cc([N+](=O)[O-])c1. The lowest BCUT2D eigenvalue weighted by molar-refractivity contribution is -0.384. The van der Waals surface area contributed by atoms with Gasteiger partial charge in [-0.3, -0.25) is 14.9 Å². The number of hydrogen-bond acceptors (Lipinski definition) is 5. The molecule has 1 aromatic rings. The van der Waals surface area contributed by atoms with E-state index >= 15 is 0 Å². The minimum atomic E-state index is -0.444. The van der Waals surface area contributed by atoms with Crippen LogP contribution < -0.4 is 16.0 Å². The number of rotatable bonds is 8. The van der Waals surface area contributed by atoms with Gasteiger partial charge in [-0.1, -0.05) is 6.92 Å². The Hall–Kier alpha value is -2.31. The fourth-order valence-corrected chi connectivity index (χ4v) is 1.64. The first kappa shape index (κ1) is 15.7. The second-order valence-corrected chi connectivity index (χ2v) is 4.30. The Kier molecular flexibility index (Phi) is 6.28. The van der Waals surface area contributed by atoms with Crippen LogP contribution in [0.15, 0.2) is 18.2 Å². The van der Waals surface area contributed by atoms with Crippen molar-refractivity contribution in [3.8, 4) is 0 Å². The molecule has 0 bridgehead atoms. The quantitative estimate of drug-likeness (QED) is 0.499. The Labute approximate surface area is 117 Å². The van der Waals surface area contributed by atoms with Crippen LogP contribution in [0.4, 0.5) is 17.1 Å². The molecule has 0 unspecified atom stereocenters. The number of hydrogen-bond donors (Lipinski definition) is 3. The summed E-state index contributed by atoms with van der Waals surface area (Å²) in [5.41, 5.74) is 1.28. The molecule has 1 amide bonds. The monoisotopic (exact) mass is 280 g/mol. The number of nitro benzene ring substituents is 1. The summed E-state index contributed by atoms with van der Waals surface area (Å²) in [5.74, 6) is -0.0291. The van der Waals surface area contributed by atoms with Gasteiger partial charge in [-0.15, -0.1) is 0 Å². The fourth-order valence-electron chi connectivity index (χ4n) is 1.64. The van der Waals surface area contributed by atoms with Crippen molar-refractivity contribution < 1.29 is 9.72 Å². The molecule has 0 fully saturated rings. The Morgan fingerprint density at radius 3 is 2.55 bits per heavy atom. The van der Waals surface area contributed by atoms with Crippen LogP contribution in [-0.4, -0.2) is 31.0 Å². The molecule has 0 aliphatic carbocycles. The van der Waals surface area contributed by atoms with E-state index in [4.69, 9.17) is 0 Å². The predicted molar refractivity (Wildman–Crippen MR) is 79.1 cm³/mol. The van der Waals surface area contributed by atoms with Crippen LogP contribution >= 0.6 is 0 Å². The third kappa shape index (κ3) is 5.13. The van der Waals surface area contributed by atoms with E-state index < -0.39 is 4.92 Å². The predicted octanol–water partition coefficient (Wildman–Crippen LogP) is 1.96. The highest BCUT2D eigenvalue weighted by Gasteiger charge is 2.09. The van der Waals surface area contributed by atoms with E-state index in [1.54, 1.807) is 13.1 Å². The number of benzene rings is 1. The van der Waals surface area contributed by atoms with Crippen molar-refractivity contribution in [3.63, 3.8) is 0 Å². The van der Waals surface area contributed by atoms with Gasteiger partial charge < -0.3 is 16.0 Å². The van der Waals surface area contributed by atoms with Gasteiger partial charge in [0.05, 0.1) is 4.92 Å². The summed E-state index contributed by atoms with van der Waals surface area (Å²) in [6.07, 6.45) is 1.23. The van der Waals surface area contributed by atoms with Crippen LogP contribution in [0.1, 0.15) is 19.8 Å². The summed E-state index contributed by atoms with van der Waals surface area (Å²) in [6, 6.07) is 4.67. The summed E-state index contributed by atoms with van der Waals surface area (Å²) in [4.78, 5) is 21.8. The zero-order valence-corrected chi connectivity index (χ0v) is 11.7. The summed E-state index contributed by atoms with van der Waals surface area (Å²) in [7, 11) is 1.70. The summed E-state index contributed by atoms with van der Waals surface area (Å²) in [5, 5.41) is 19.5. The average molecular weight is 280 g/mol. The van der Waals surface area contributed by atoms with Gasteiger partial charge in [0.25, 0.3) is 5.69 Å². The van der Waals surface area contributed by atoms with Crippen LogP contribution in [0.25, 0.3) is 0 Å². The lowest BCUT2D eigenvalue weighted by Crippen LogP contribution is -2.25. The smallest absolute Gasteiger partial charge is 0.273 e. The molecule has 1 rings (SSSR count). The number of carbonyl (C=O) groups is 1. The van der Waals surface area contributed by atoms with Crippen LogP contribution in [0.2, 0.25) is 0 Å². The summed E-state index contributed by atoms with van der Waals surface area (Å²) < 4.78 is 0. The molecule has 0 atom stereocenters. The van der Waals surface area contributed by atoms with Crippen LogP contribution in [-0.2, 0) is 4.79 Å². The topological polar surface area (TPSA) is 96.3 Å². The van der Waals surface area contributed by atoms with Gasteiger partial charge in [-0.05, 0) is 12.5 Å². The van der Waals surface area contributed by atoms with Crippen molar-refractivity contribution >= 4 is 23.0 Å². The van der Waals surface area contributed by atoms with Gasteiger partial charge in [-0.2, -0.15) is 0 Å². The first-order valence-electron chi connectivity index (χ1n) is 6.54. The van der Waals surface area contributed by atoms with E-state index in [1.165, 1.54) is 12.1 Å². The number of nitrogens with zero attached hydrogens (tertiary/aromatic N) is 1. The van der Waals surface area contributed by atoms with Crippen molar-refractivity contribution in [2.75, 3.05) is 30.8 Å². The first-order chi connectivity index (χ1) is 9.56. The lowest BCUT2D eigenvalue weighted by Gasteiger charge is -2.09. The average Bonchev–Trinajstić information content (AvgIpc) is 2.44. The number of nitro groups is 1. The second kappa shape index (κ2) is 7.98. The maximum Gasteiger partial charge on any atom is 0.273 e. The molecule has 7 heteroatoms. The second-order valence-electron chi connectivity index (χ2n) is 4.30. The van der Waals surface area contributed by atoms with E-state index in [2.05, 4.69) is 16.0 Å². The van der Waals surface area contributed by atoms with Gasteiger partial charge in [0.1, 0.15) is 0 Å². The molecule has 0 spiro atoms. The molecule has 0 saturated heterocycles. The highest BCUT2D eigenvalue weighted by molar-refractivity contribution is 5.76. The molecule has 0 radical (unpaired) electrons. The van der Waals surface area contributed by atoms with Crippen molar-refractivity contribution in [1.82, 2.24) is 5.32 Å². The van der Waals surface area contributed by atoms with Gasteiger partial charge >= 0.3 is 0 Å². The third-order valence-corrected chi connectivity index (χ3v) is 2.67. The molecule has 20 heavy (non-hydrogen) atoms.